The van der Waals surface area contributed by atoms with Gasteiger partial charge in [0.2, 0.25) is 0 Å². The van der Waals surface area contributed by atoms with Gasteiger partial charge in [-0.3, -0.25) is 4.98 Å². The van der Waals surface area contributed by atoms with Crippen LogP contribution in [0.4, 0.5) is 13.2 Å². The summed E-state index contributed by atoms with van der Waals surface area (Å²) in [5.41, 5.74) is 0.216. The quantitative estimate of drug-likeness (QED) is 0.628. The first-order chi connectivity index (χ1) is 10.0. The average Bonchev–Trinajstić information content (AvgIpc) is 2.47. The highest BCUT2D eigenvalue weighted by molar-refractivity contribution is 7.99. The van der Waals surface area contributed by atoms with Gasteiger partial charge in [-0.2, -0.15) is 13.2 Å². The molecular formula is C16H10F3NS. The second kappa shape index (κ2) is 5.41. The van der Waals surface area contributed by atoms with Gasteiger partial charge in [-0.1, -0.05) is 30.0 Å². The number of halogens is 3. The Labute approximate surface area is 123 Å². The maximum absolute atomic E-state index is 12.5. The number of hydrogen-bond acceptors (Lipinski definition) is 2. The molecule has 0 aliphatic heterocycles. The maximum Gasteiger partial charge on any atom is 0.416 e. The van der Waals surface area contributed by atoms with Crippen LogP contribution in [-0.4, -0.2) is 4.98 Å². The van der Waals surface area contributed by atoms with Crippen LogP contribution < -0.4 is 0 Å². The topological polar surface area (TPSA) is 12.9 Å². The Hall–Kier alpha value is -2.01. The van der Waals surface area contributed by atoms with Crippen LogP contribution in [0.2, 0.25) is 0 Å². The van der Waals surface area contributed by atoms with Gasteiger partial charge in [0.1, 0.15) is 0 Å². The molecule has 3 rings (SSSR count). The van der Waals surface area contributed by atoms with E-state index in [0.29, 0.717) is 0 Å². The van der Waals surface area contributed by atoms with E-state index in [2.05, 4.69) is 4.98 Å². The van der Waals surface area contributed by atoms with Crippen LogP contribution >= 0.6 is 11.8 Å². The van der Waals surface area contributed by atoms with Gasteiger partial charge < -0.3 is 0 Å². The van der Waals surface area contributed by atoms with E-state index in [0.717, 1.165) is 32.8 Å². The number of nitrogens with zero attached hydrogens (tertiary/aromatic N) is 1. The lowest BCUT2D eigenvalue weighted by molar-refractivity contribution is -0.137. The van der Waals surface area contributed by atoms with Crippen molar-refractivity contribution in [2.24, 2.45) is 0 Å². The molecule has 0 atom stereocenters. The molecule has 0 saturated carbocycles. The molecule has 21 heavy (non-hydrogen) atoms. The van der Waals surface area contributed by atoms with E-state index in [1.54, 1.807) is 6.20 Å². The number of hydrogen-bond donors (Lipinski definition) is 0. The van der Waals surface area contributed by atoms with Crippen LogP contribution in [0, 0.1) is 0 Å². The molecule has 1 aromatic heterocycles. The number of aromatic nitrogens is 1. The molecule has 0 fully saturated rings. The summed E-state index contributed by atoms with van der Waals surface area (Å²) in [6.07, 6.45) is -2.59. The summed E-state index contributed by atoms with van der Waals surface area (Å²) < 4.78 is 37.6. The molecule has 1 heterocycles. The maximum atomic E-state index is 12.5. The van der Waals surface area contributed by atoms with E-state index in [1.165, 1.54) is 23.9 Å². The minimum Gasteiger partial charge on any atom is -0.255 e. The zero-order valence-corrected chi connectivity index (χ0v) is 11.6. The van der Waals surface area contributed by atoms with Crippen molar-refractivity contribution in [3.63, 3.8) is 0 Å². The second-order valence-corrected chi connectivity index (χ2v) is 5.57. The highest BCUT2D eigenvalue weighted by Crippen LogP contribution is 2.35. The molecule has 0 unspecified atom stereocenters. The van der Waals surface area contributed by atoms with Crippen molar-refractivity contribution in [2.75, 3.05) is 0 Å². The Morgan fingerprint density at radius 1 is 0.857 bits per heavy atom. The van der Waals surface area contributed by atoms with Gasteiger partial charge in [-0.25, -0.2) is 0 Å². The van der Waals surface area contributed by atoms with E-state index < -0.39 is 11.7 Å². The van der Waals surface area contributed by atoms with Crippen molar-refractivity contribution >= 4 is 22.7 Å². The average molecular weight is 305 g/mol. The molecular weight excluding hydrogens is 295 g/mol. The van der Waals surface area contributed by atoms with Crippen molar-refractivity contribution in [3.8, 4) is 0 Å². The fourth-order valence-electron chi connectivity index (χ4n) is 2.00. The fourth-order valence-corrected chi connectivity index (χ4v) is 2.94. The molecule has 0 radical (unpaired) electrons. The number of benzene rings is 2. The first-order valence-corrected chi connectivity index (χ1v) is 7.04. The first-order valence-electron chi connectivity index (χ1n) is 6.23. The van der Waals surface area contributed by atoms with Gasteiger partial charge in [0.25, 0.3) is 0 Å². The molecule has 1 nitrogen and oxygen atoms in total. The molecule has 0 spiro atoms. The van der Waals surface area contributed by atoms with Gasteiger partial charge in [-0.05, 0) is 36.4 Å². The summed E-state index contributed by atoms with van der Waals surface area (Å²) in [7, 11) is 0. The van der Waals surface area contributed by atoms with Crippen LogP contribution in [0.5, 0.6) is 0 Å². The highest BCUT2D eigenvalue weighted by atomic mass is 32.2. The van der Waals surface area contributed by atoms with Gasteiger partial charge in [0.05, 0.1) is 11.1 Å². The molecule has 5 heteroatoms. The van der Waals surface area contributed by atoms with Crippen molar-refractivity contribution in [2.45, 2.75) is 16.0 Å². The Balaban J connectivity index is 1.92. The number of rotatable bonds is 2. The van der Waals surface area contributed by atoms with Gasteiger partial charge >= 0.3 is 6.18 Å². The van der Waals surface area contributed by atoms with Crippen LogP contribution in [-0.2, 0) is 6.18 Å². The van der Waals surface area contributed by atoms with E-state index >= 15 is 0 Å². The van der Waals surface area contributed by atoms with Crippen molar-refractivity contribution in [1.29, 1.82) is 0 Å². The molecule has 2 aromatic carbocycles. The number of pyridine rings is 1. The molecule has 0 aliphatic carbocycles. The third kappa shape index (κ3) is 3.03. The summed E-state index contributed by atoms with van der Waals surface area (Å²) in [6.45, 7) is 0. The monoisotopic (exact) mass is 305 g/mol. The SMILES string of the molecule is FC(F)(F)c1ccc(Sc2cccc3cccnc23)cc1. The van der Waals surface area contributed by atoms with E-state index in [4.69, 9.17) is 0 Å². The zero-order valence-electron chi connectivity index (χ0n) is 10.8. The lowest BCUT2D eigenvalue weighted by atomic mass is 10.2. The normalized spacial score (nSPS) is 11.8. The predicted octanol–water partition coefficient (Wildman–Crippen LogP) is 5.40. The van der Waals surface area contributed by atoms with Crippen LogP contribution in [0.25, 0.3) is 10.9 Å². The Bertz CT molecular complexity index is 761. The van der Waals surface area contributed by atoms with Gasteiger partial charge in [0, 0.05) is 21.4 Å². The van der Waals surface area contributed by atoms with Crippen molar-refractivity contribution in [1.82, 2.24) is 4.98 Å². The van der Waals surface area contributed by atoms with Crippen molar-refractivity contribution in [3.05, 3.63) is 66.4 Å². The third-order valence-corrected chi connectivity index (χ3v) is 4.06. The highest BCUT2D eigenvalue weighted by Gasteiger charge is 2.29. The molecule has 3 aromatic rings. The number of alkyl halides is 3. The summed E-state index contributed by atoms with van der Waals surface area (Å²) in [5.74, 6) is 0. The summed E-state index contributed by atoms with van der Waals surface area (Å²) in [4.78, 5) is 6.01. The molecule has 0 saturated heterocycles. The largest absolute Gasteiger partial charge is 0.416 e. The summed E-state index contributed by atoms with van der Waals surface area (Å²) in [5, 5.41) is 1.01. The number of fused-ring (bicyclic) bond motifs is 1. The van der Waals surface area contributed by atoms with Crippen LogP contribution in [0.3, 0.4) is 0 Å². The Morgan fingerprint density at radius 3 is 2.29 bits per heavy atom. The van der Waals surface area contributed by atoms with E-state index in [1.807, 2.05) is 30.3 Å². The predicted molar refractivity (Wildman–Crippen MR) is 77.3 cm³/mol. The van der Waals surface area contributed by atoms with Gasteiger partial charge in [-0.15, -0.1) is 0 Å². The Morgan fingerprint density at radius 2 is 1.57 bits per heavy atom. The Kier molecular flexibility index (Phi) is 3.59. The summed E-state index contributed by atoms with van der Waals surface area (Å²) >= 11 is 1.41. The van der Waals surface area contributed by atoms with Crippen LogP contribution in [0.15, 0.2) is 70.6 Å². The van der Waals surface area contributed by atoms with Crippen molar-refractivity contribution < 1.29 is 13.2 Å². The minimum atomic E-state index is -4.30. The first kappa shape index (κ1) is 13.9. The number of para-hydroxylation sites is 1. The minimum absolute atomic E-state index is 0.636. The lowest BCUT2D eigenvalue weighted by Gasteiger charge is -2.08. The smallest absolute Gasteiger partial charge is 0.255 e. The molecule has 0 bridgehead atoms. The molecule has 106 valence electrons. The fraction of sp³-hybridized carbons (Fsp3) is 0.0625. The standard InChI is InChI=1S/C16H10F3NS/c17-16(18,19)12-6-8-13(9-7-12)21-14-5-1-3-11-4-2-10-20-15(11)14/h1-10H. The van der Waals surface area contributed by atoms with E-state index in [-0.39, 0.29) is 0 Å². The zero-order chi connectivity index (χ0) is 14.9. The molecule has 0 aliphatic rings. The summed E-state index contributed by atoms with van der Waals surface area (Å²) in [6, 6.07) is 14.8. The van der Waals surface area contributed by atoms with Gasteiger partial charge in [0.15, 0.2) is 0 Å². The van der Waals surface area contributed by atoms with E-state index in [9.17, 15) is 13.2 Å². The molecule has 0 amide bonds. The molecule has 0 N–H and O–H groups in total. The van der Waals surface area contributed by atoms with Crippen LogP contribution in [0.1, 0.15) is 5.56 Å². The third-order valence-electron chi connectivity index (χ3n) is 3.01. The lowest BCUT2D eigenvalue weighted by Crippen LogP contribution is -2.03. The second-order valence-electron chi connectivity index (χ2n) is 4.46.